The van der Waals surface area contributed by atoms with Crippen LogP contribution in [0.25, 0.3) is 11.0 Å². The van der Waals surface area contributed by atoms with Gasteiger partial charge in [0.15, 0.2) is 0 Å². The van der Waals surface area contributed by atoms with Gasteiger partial charge < -0.3 is 5.32 Å². The molecule has 1 N–H and O–H groups in total. The number of rotatable bonds is 2. The standard InChI is InChI=1S/C12H13N3O/c1-8(2)14-12(16)11-7-13-9-5-3-4-6-10(9)15-11/h3-8H,1-2H3,(H,14,16). The van der Waals surface area contributed by atoms with Crippen LogP contribution >= 0.6 is 0 Å². The van der Waals surface area contributed by atoms with Crippen molar-refractivity contribution in [3.05, 3.63) is 36.2 Å². The number of nitrogens with one attached hydrogen (secondary N) is 1. The van der Waals surface area contributed by atoms with Gasteiger partial charge in [-0.2, -0.15) is 0 Å². The number of carbonyl (C=O) groups is 1. The second-order valence-electron chi connectivity index (χ2n) is 3.87. The van der Waals surface area contributed by atoms with Gasteiger partial charge in [0.25, 0.3) is 5.91 Å². The summed E-state index contributed by atoms with van der Waals surface area (Å²) in [6, 6.07) is 7.58. The van der Waals surface area contributed by atoms with Crippen molar-refractivity contribution in [3.63, 3.8) is 0 Å². The summed E-state index contributed by atoms with van der Waals surface area (Å²) in [5.41, 5.74) is 1.88. The SMILES string of the molecule is CC(C)NC(=O)c1cnc2ccccc2n1. The zero-order valence-electron chi connectivity index (χ0n) is 9.27. The normalized spacial score (nSPS) is 10.7. The molecule has 1 aromatic heterocycles. The topological polar surface area (TPSA) is 54.9 Å². The number of hydrogen-bond donors (Lipinski definition) is 1. The van der Waals surface area contributed by atoms with Crippen LogP contribution in [0.5, 0.6) is 0 Å². The van der Waals surface area contributed by atoms with Gasteiger partial charge in [-0.1, -0.05) is 12.1 Å². The Morgan fingerprint density at radius 2 is 1.94 bits per heavy atom. The number of aromatic nitrogens is 2. The molecule has 82 valence electrons. The molecule has 2 rings (SSSR count). The van der Waals surface area contributed by atoms with Gasteiger partial charge in [0.2, 0.25) is 0 Å². The van der Waals surface area contributed by atoms with Gasteiger partial charge >= 0.3 is 0 Å². The summed E-state index contributed by atoms with van der Waals surface area (Å²) >= 11 is 0. The number of benzene rings is 1. The monoisotopic (exact) mass is 215 g/mol. The quantitative estimate of drug-likeness (QED) is 0.830. The summed E-state index contributed by atoms with van der Waals surface area (Å²) in [7, 11) is 0. The molecule has 0 saturated heterocycles. The van der Waals surface area contributed by atoms with E-state index in [1.807, 2.05) is 38.1 Å². The van der Waals surface area contributed by atoms with E-state index in [0.29, 0.717) is 5.69 Å². The first-order chi connectivity index (χ1) is 7.66. The van der Waals surface area contributed by atoms with E-state index >= 15 is 0 Å². The highest BCUT2D eigenvalue weighted by atomic mass is 16.1. The Bertz CT molecular complexity index is 522. The molecule has 1 heterocycles. The number of fused-ring (bicyclic) bond motifs is 1. The van der Waals surface area contributed by atoms with Gasteiger partial charge in [0.05, 0.1) is 17.2 Å². The summed E-state index contributed by atoms with van der Waals surface area (Å²) in [6.45, 7) is 3.82. The van der Waals surface area contributed by atoms with Crippen LogP contribution in [0.3, 0.4) is 0 Å². The second-order valence-corrected chi connectivity index (χ2v) is 3.87. The van der Waals surface area contributed by atoms with Crippen LogP contribution in [0.1, 0.15) is 24.3 Å². The van der Waals surface area contributed by atoms with Crippen LogP contribution < -0.4 is 5.32 Å². The van der Waals surface area contributed by atoms with E-state index in [4.69, 9.17) is 0 Å². The van der Waals surface area contributed by atoms with Crippen molar-refractivity contribution in [2.45, 2.75) is 19.9 Å². The fourth-order valence-electron chi connectivity index (χ4n) is 1.40. The lowest BCUT2D eigenvalue weighted by Gasteiger charge is -2.07. The first-order valence-electron chi connectivity index (χ1n) is 5.19. The van der Waals surface area contributed by atoms with Crippen LogP contribution in [0.2, 0.25) is 0 Å². The number of para-hydroxylation sites is 2. The number of carbonyl (C=O) groups excluding carboxylic acids is 1. The van der Waals surface area contributed by atoms with Crippen LogP contribution in [0.4, 0.5) is 0 Å². The summed E-state index contributed by atoms with van der Waals surface area (Å²) < 4.78 is 0. The van der Waals surface area contributed by atoms with E-state index in [-0.39, 0.29) is 11.9 Å². The number of hydrogen-bond acceptors (Lipinski definition) is 3. The minimum absolute atomic E-state index is 0.0979. The Kier molecular flexibility index (Phi) is 2.81. The van der Waals surface area contributed by atoms with Crippen LogP contribution in [-0.2, 0) is 0 Å². The molecule has 0 aliphatic heterocycles. The van der Waals surface area contributed by atoms with E-state index in [1.54, 1.807) is 0 Å². The van der Waals surface area contributed by atoms with Gasteiger partial charge in [-0.25, -0.2) is 4.98 Å². The minimum Gasteiger partial charge on any atom is -0.348 e. The predicted octanol–water partition coefficient (Wildman–Crippen LogP) is 1.77. The Morgan fingerprint density at radius 3 is 2.62 bits per heavy atom. The first-order valence-corrected chi connectivity index (χ1v) is 5.19. The average molecular weight is 215 g/mol. The molecule has 0 unspecified atom stereocenters. The minimum atomic E-state index is -0.187. The largest absolute Gasteiger partial charge is 0.348 e. The van der Waals surface area contributed by atoms with E-state index in [9.17, 15) is 4.79 Å². The highest BCUT2D eigenvalue weighted by Crippen LogP contribution is 2.08. The fourth-order valence-corrected chi connectivity index (χ4v) is 1.40. The molecular formula is C12H13N3O. The van der Waals surface area contributed by atoms with E-state index in [1.165, 1.54) is 6.20 Å². The number of amides is 1. The van der Waals surface area contributed by atoms with Gasteiger partial charge in [0.1, 0.15) is 5.69 Å². The molecule has 0 atom stereocenters. The van der Waals surface area contributed by atoms with Gasteiger partial charge in [-0.3, -0.25) is 9.78 Å². The summed E-state index contributed by atoms with van der Waals surface area (Å²) in [5.74, 6) is -0.187. The van der Waals surface area contributed by atoms with Gasteiger partial charge in [-0.15, -0.1) is 0 Å². The third-order valence-electron chi connectivity index (χ3n) is 2.10. The van der Waals surface area contributed by atoms with Crippen LogP contribution in [-0.4, -0.2) is 21.9 Å². The molecule has 0 aliphatic rings. The maximum Gasteiger partial charge on any atom is 0.271 e. The zero-order chi connectivity index (χ0) is 11.5. The second kappa shape index (κ2) is 4.26. The highest BCUT2D eigenvalue weighted by molar-refractivity contribution is 5.93. The van der Waals surface area contributed by atoms with Crippen molar-refractivity contribution in [1.29, 1.82) is 0 Å². The fraction of sp³-hybridized carbons (Fsp3) is 0.250. The maximum absolute atomic E-state index is 11.7. The first kappa shape index (κ1) is 10.5. The van der Waals surface area contributed by atoms with Gasteiger partial charge in [0, 0.05) is 6.04 Å². The maximum atomic E-state index is 11.7. The average Bonchev–Trinajstić information content (AvgIpc) is 2.27. The molecule has 1 amide bonds. The molecule has 16 heavy (non-hydrogen) atoms. The molecule has 2 aromatic rings. The summed E-state index contributed by atoms with van der Waals surface area (Å²) in [5, 5.41) is 2.78. The summed E-state index contributed by atoms with van der Waals surface area (Å²) in [4.78, 5) is 20.1. The van der Waals surface area contributed by atoms with Crippen molar-refractivity contribution in [3.8, 4) is 0 Å². The smallest absolute Gasteiger partial charge is 0.271 e. The Hall–Kier alpha value is -1.97. The molecule has 4 heteroatoms. The van der Waals surface area contributed by atoms with Crippen molar-refractivity contribution in [1.82, 2.24) is 15.3 Å². The molecule has 1 aromatic carbocycles. The lowest BCUT2D eigenvalue weighted by atomic mass is 10.3. The van der Waals surface area contributed by atoms with E-state index < -0.39 is 0 Å². The third kappa shape index (κ3) is 2.16. The van der Waals surface area contributed by atoms with Crippen molar-refractivity contribution >= 4 is 16.9 Å². The Labute approximate surface area is 93.7 Å². The van der Waals surface area contributed by atoms with Crippen molar-refractivity contribution in [2.75, 3.05) is 0 Å². The molecule has 0 saturated carbocycles. The molecule has 0 aliphatic carbocycles. The zero-order valence-corrected chi connectivity index (χ0v) is 9.27. The van der Waals surface area contributed by atoms with E-state index in [2.05, 4.69) is 15.3 Å². The lowest BCUT2D eigenvalue weighted by Crippen LogP contribution is -2.30. The van der Waals surface area contributed by atoms with E-state index in [0.717, 1.165) is 11.0 Å². The van der Waals surface area contributed by atoms with Crippen molar-refractivity contribution < 1.29 is 4.79 Å². The molecular weight excluding hydrogens is 202 g/mol. The molecule has 4 nitrogen and oxygen atoms in total. The lowest BCUT2D eigenvalue weighted by molar-refractivity contribution is 0.0938. The predicted molar refractivity (Wildman–Crippen MR) is 62.1 cm³/mol. The molecule has 0 spiro atoms. The van der Waals surface area contributed by atoms with Crippen molar-refractivity contribution in [2.24, 2.45) is 0 Å². The van der Waals surface area contributed by atoms with Crippen LogP contribution in [0, 0.1) is 0 Å². The Morgan fingerprint density at radius 1 is 1.25 bits per heavy atom. The highest BCUT2D eigenvalue weighted by Gasteiger charge is 2.09. The van der Waals surface area contributed by atoms with Crippen LogP contribution in [0.15, 0.2) is 30.5 Å². The number of nitrogens with zero attached hydrogens (tertiary/aromatic N) is 2. The molecule has 0 radical (unpaired) electrons. The Balaban J connectivity index is 2.35. The third-order valence-corrected chi connectivity index (χ3v) is 2.10. The molecule has 0 fully saturated rings. The van der Waals surface area contributed by atoms with Gasteiger partial charge in [-0.05, 0) is 26.0 Å². The summed E-state index contributed by atoms with van der Waals surface area (Å²) in [6.07, 6.45) is 1.50. The molecule has 0 bridgehead atoms.